The van der Waals surface area contributed by atoms with Crippen LogP contribution >= 0.6 is 0 Å². The minimum atomic E-state index is -2.77. The van der Waals surface area contributed by atoms with Crippen LogP contribution in [0.3, 0.4) is 0 Å². The van der Waals surface area contributed by atoms with Crippen molar-refractivity contribution in [1.29, 1.82) is 0 Å². The maximum absolute atomic E-state index is 2.77. The molecule has 4 heteroatoms. The van der Waals surface area contributed by atoms with Gasteiger partial charge in [0.15, 0.2) is 8.07 Å². The highest BCUT2D eigenvalue weighted by Crippen LogP contribution is 2.46. The van der Waals surface area contributed by atoms with Gasteiger partial charge in [-0.2, -0.15) is 0 Å². The van der Waals surface area contributed by atoms with Crippen molar-refractivity contribution in [2.45, 2.75) is 113 Å². The summed E-state index contributed by atoms with van der Waals surface area (Å²) in [4.78, 5) is 0. The van der Waals surface area contributed by atoms with Crippen LogP contribution in [0.2, 0.25) is 64.5 Å². The summed E-state index contributed by atoms with van der Waals surface area (Å²) in [5, 5.41) is 10.2. The van der Waals surface area contributed by atoms with Crippen molar-refractivity contribution in [3.8, 4) is 0 Å². The highest BCUT2D eigenvalue weighted by molar-refractivity contribution is 7.20. The van der Waals surface area contributed by atoms with Gasteiger partial charge in [-0.1, -0.05) is 157 Å². The first-order valence-electron chi connectivity index (χ1n) is 16.3. The van der Waals surface area contributed by atoms with E-state index in [1.54, 1.807) is 42.3 Å². The number of aryl methyl sites for hydroxylation is 3. The van der Waals surface area contributed by atoms with Crippen LogP contribution in [-0.4, -0.2) is 32.3 Å². The fraction of sp³-hybridized carbons (Fsp3) is 0.436. The van der Waals surface area contributed by atoms with Crippen LogP contribution in [0.4, 0.5) is 0 Å². The van der Waals surface area contributed by atoms with E-state index in [1.807, 2.05) is 0 Å². The molecule has 0 aliphatic heterocycles. The molecule has 0 N–H and O–H groups in total. The minimum absolute atomic E-state index is 0.401. The Morgan fingerprint density at radius 1 is 0.395 bits per heavy atom. The van der Waals surface area contributed by atoms with Gasteiger partial charge in [0.05, 0.1) is 24.2 Å². The molecule has 1 aliphatic carbocycles. The molecule has 0 fully saturated rings. The van der Waals surface area contributed by atoms with Crippen molar-refractivity contribution in [2.24, 2.45) is 0 Å². The Morgan fingerprint density at radius 2 is 0.651 bits per heavy atom. The Labute approximate surface area is 268 Å². The van der Waals surface area contributed by atoms with Gasteiger partial charge in [-0.25, -0.2) is 0 Å². The zero-order valence-electron chi connectivity index (χ0n) is 30.3. The van der Waals surface area contributed by atoms with Crippen molar-refractivity contribution < 1.29 is 0 Å². The zero-order chi connectivity index (χ0) is 32.4. The molecule has 3 aromatic rings. The third-order valence-electron chi connectivity index (χ3n) is 10.4. The van der Waals surface area contributed by atoms with E-state index in [0.717, 1.165) is 0 Å². The predicted octanol–water partition coefficient (Wildman–Crippen LogP) is 7.77. The first-order valence-corrected chi connectivity index (χ1v) is 28.9. The summed E-state index contributed by atoms with van der Waals surface area (Å²) in [6, 6.07) is 22.2. The second-order valence-electron chi connectivity index (χ2n) is 16.6. The molecule has 230 valence electrons. The molecule has 0 spiro atoms. The predicted molar refractivity (Wildman–Crippen MR) is 208 cm³/mol. The Morgan fingerprint density at radius 3 is 0.884 bits per heavy atom. The van der Waals surface area contributed by atoms with Gasteiger partial charge in [-0.3, -0.25) is 0 Å². The minimum Gasteiger partial charge on any atom is -0.0656 e. The number of rotatable bonds is 7. The van der Waals surface area contributed by atoms with E-state index in [9.17, 15) is 0 Å². The normalized spacial score (nSPS) is 15.6. The lowest BCUT2D eigenvalue weighted by molar-refractivity contribution is 1.09. The van der Waals surface area contributed by atoms with Crippen LogP contribution in [0.1, 0.15) is 44.4 Å². The number of allylic oxidation sites excluding steroid dienone is 4. The molecule has 0 radical (unpaired) electrons. The monoisotopic (exact) mass is 638 g/mol. The van der Waals surface area contributed by atoms with Gasteiger partial charge < -0.3 is 0 Å². The molecular formula is C39H58Si4. The average Bonchev–Trinajstić information content (AvgIpc) is 3.05. The maximum Gasteiger partial charge on any atom is 0.158 e. The zero-order valence-corrected chi connectivity index (χ0v) is 34.3. The second-order valence-corrected chi connectivity index (χ2v) is 35.4. The van der Waals surface area contributed by atoms with Crippen molar-refractivity contribution >= 4 is 63.4 Å². The van der Waals surface area contributed by atoms with E-state index in [2.05, 4.69) is 162 Å². The van der Waals surface area contributed by atoms with Crippen molar-refractivity contribution in [3.05, 3.63) is 93.6 Å². The van der Waals surface area contributed by atoms with E-state index in [1.165, 1.54) is 27.8 Å². The molecule has 0 bridgehead atoms. The molecular weight excluding hydrogens is 581 g/mol. The van der Waals surface area contributed by atoms with E-state index in [-0.39, 0.29) is 0 Å². The van der Waals surface area contributed by atoms with Gasteiger partial charge in [0.25, 0.3) is 0 Å². The van der Waals surface area contributed by atoms with Crippen LogP contribution in [0, 0.1) is 20.8 Å². The van der Waals surface area contributed by atoms with Crippen LogP contribution in [0.5, 0.6) is 0 Å². The lowest BCUT2D eigenvalue weighted by Crippen LogP contribution is -2.82. The lowest BCUT2D eigenvalue weighted by atomic mass is 10.1. The molecule has 0 amide bonds. The summed E-state index contributed by atoms with van der Waals surface area (Å²) >= 11 is 0. The molecule has 0 unspecified atom stereocenters. The largest absolute Gasteiger partial charge is 0.158 e. The molecule has 0 heterocycles. The smallest absolute Gasteiger partial charge is 0.0656 e. The third-order valence-corrected chi connectivity index (χ3v) is 23.2. The van der Waals surface area contributed by atoms with Gasteiger partial charge in [0, 0.05) is 5.54 Å². The fourth-order valence-electron chi connectivity index (χ4n) is 8.88. The first-order chi connectivity index (χ1) is 19.7. The summed E-state index contributed by atoms with van der Waals surface area (Å²) < 4.78 is 0. The van der Waals surface area contributed by atoms with Gasteiger partial charge in [0.1, 0.15) is 0 Å². The summed E-state index contributed by atoms with van der Waals surface area (Å²) in [5.41, 5.74) is 11.1. The van der Waals surface area contributed by atoms with Crippen LogP contribution < -0.4 is 31.1 Å². The highest BCUT2D eigenvalue weighted by atomic mass is 28.3. The van der Waals surface area contributed by atoms with Crippen LogP contribution in [-0.2, 0) is 0 Å². The standard InChI is InChI=1S/C39H58Si4/c1-26-20-17-23-33(36(26)40(8,9)10)43(39-31(6)29(4)30(5)32(39)7,34-24-18-21-27(2)37(34)41(11,12)13)35-25-19-22-28(3)38(35)42(14,15)16/h17-25,39H,1-16H3. The molecule has 4 rings (SSSR count). The summed E-state index contributed by atoms with van der Waals surface area (Å²) in [6.45, 7) is 40.2. The van der Waals surface area contributed by atoms with E-state index >= 15 is 0 Å². The van der Waals surface area contributed by atoms with E-state index in [4.69, 9.17) is 0 Å². The molecule has 0 saturated carbocycles. The molecule has 0 saturated heterocycles. The quantitative estimate of drug-likeness (QED) is 0.183. The van der Waals surface area contributed by atoms with Crippen molar-refractivity contribution in [1.82, 2.24) is 0 Å². The Kier molecular flexibility index (Phi) is 9.00. The van der Waals surface area contributed by atoms with E-state index < -0.39 is 32.3 Å². The Bertz CT molecular complexity index is 1450. The number of hydrogen-bond donors (Lipinski definition) is 0. The molecule has 0 atom stereocenters. The molecule has 43 heavy (non-hydrogen) atoms. The van der Waals surface area contributed by atoms with Gasteiger partial charge >= 0.3 is 0 Å². The number of benzene rings is 3. The highest BCUT2D eigenvalue weighted by Gasteiger charge is 2.55. The molecule has 0 nitrogen and oxygen atoms in total. The summed E-state index contributed by atoms with van der Waals surface area (Å²) in [6.07, 6.45) is 0. The van der Waals surface area contributed by atoms with E-state index in [0.29, 0.717) is 5.54 Å². The first kappa shape index (κ1) is 33.9. The Balaban J connectivity index is 2.51. The van der Waals surface area contributed by atoms with Crippen LogP contribution in [0.15, 0.2) is 76.9 Å². The average molecular weight is 639 g/mol. The lowest BCUT2D eigenvalue weighted by Gasteiger charge is -2.48. The second kappa shape index (κ2) is 11.4. The topological polar surface area (TPSA) is 0 Å². The SMILES string of the molecule is CC1=C(C)C([Si](c2cccc(C)c2[Si](C)(C)C)(c2cccc(C)c2[Si](C)(C)C)c2cccc(C)c2[Si](C)(C)C)C(C)=C1C. The number of hydrogen-bond acceptors (Lipinski definition) is 0. The Hall–Kier alpha value is -1.99. The summed E-state index contributed by atoms with van der Waals surface area (Å²) in [5.74, 6) is 0. The van der Waals surface area contributed by atoms with Gasteiger partial charge in [-0.05, 0) is 75.2 Å². The fourth-order valence-corrected chi connectivity index (χ4v) is 26.9. The third kappa shape index (κ3) is 5.55. The molecule has 1 aliphatic rings. The summed E-state index contributed by atoms with van der Waals surface area (Å²) in [7, 11) is -8.04. The van der Waals surface area contributed by atoms with Crippen molar-refractivity contribution in [2.75, 3.05) is 0 Å². The van der Waals surface area contributed by atoms with Gasteiger partial charge in [-0.15, -0.1) is 0 Å². The van der Waals surface area contributed by atoms with Crippen molar-refractivity contribution in [3.63, 3.8) is 0 Å². The van der Waals surface area contributed by atoms with Crippen LogP contribution in [0.25, 0.3) is 0 Å². The molecule has 3 aromatic carbocycles. The molecule has 0 aromatic heterocycles. The maximum atomic E-state index is 2.61. The van der Waals surface area contributed by atoms with Gasteiger partial charge in [0.2, 0.25) is 0 Å².